The fourth-order valence-electron chi connectivity index (χ4n) is 4.02. The molecule has 0 saturated heterocycles. The average Bonchev–Trinajstić information content (AvgIpc) is 2.81. The monoisotopic (exact) mass is 498 g/mol. The Labute approximate surface area is 197 Å². The van der Waals surface area contributed by atoms with E-state index < -0.39 is 44.4 Å². The number of benzene rings is 3. The van der Waals surface area contributed by atoms with Gasteiger partial charge in [-0.05, 0) is 42.0 Å². The molecule has 34 heavy (non-hydrogen) atoms. The summed E-state index contributed by atoms with van der Waals surface area (Å²) in [5.41, 5.74) is -0.992. The zero-order valence-corrected chi connectivity index (χ0v) is 18.6. The molecular formula is C25H13F3O4S2. The van der Waals surface area contributed by atoms with Gasteiger partial charge in [0, 0.05) is 20.2 Å². The quantitative estimate of drug-likeness (QED) is 0.306. The number of aromatic hydroxyl groups is 2. The Morgan fingerprint density at radius 1 is 0.676 bits per heavy atom. The van der Waals surface area contributed by atoms with E-state index in [0.717, 1.165) is 22.7 Å². The molecular weight excluding hydrogens is 485 g/mol. The second-order valence-electron chi connectivity index (χ2n) is 7.53. The Hall–Kier alpha value is -3.69. The summed E-state index contributed by atoms with van der Waals surface area (Å²) >= 11 is 1.54. The summed E-state index contributed by atoms with van der Waals surface area (Å²) in [6.45, 7) is 0. The van der Waals surface area contributed by atoms with Crippen molar-refractivity contribution in [3.8, 4) is 11.5 Å². The van der Waals surface area contributed by atoms with E-state index in [1.54, 1.807) is 48.5 Å². The molecule has 3 aromatic carbocycles. The first-order valence-corrected chi connectivity index (χ1v) is 11.5. The zero-order valence-electron chi connectivity index (χ0n) is 17.0. The average molecular weight is 499 g/mol. The SMILES string of the molecule is O=c1sc2ccccc2c(O)c1C(c1cc(F)c(F)c(F)c1)c1c(O)c2ccccc2sc1=O. The second-order valence-corrected chi connectivity index (χ2v) is 9.56. The molecule has 0 atom stereocenters. The highest BCUT2D eigenvalue weighted by Crippen LogP contribution is 2.43. The molecule has 0 radical (unpaired) electrons. The summed E-state index contributed by atoms with van der Waals surface area (Å²) < 4.78 is 41.8. The predicted octanol–water partition coefficient (Wildman–Crippen LogP) is 5.85. The molecule has 0 bridgehead atoms. The van der Waals surface area contributed by atoms with Crippen molar-refractivity contribution in [1.82, 2.24) is 0 Å². The van der Waals surface area contributed by atoms with Crippen molar-refractivity contribution >= 4 is 42.8 Å². The summed E-state index contributed by atoms with van der Waals surface area (Å²) in [4.78, 5) is 26.4. The maximum atomic E-state index is 14.2. The van der Waals surface area contributed by atoms with Crippen molar-refractivity contribution in [3.05, 3.63) is 114 Å². The third-order valence-electron chi connectivity index (χ3n) is 5.56. The Bertz CT molecular complexity index is 1600. The first kappa shape index (κ1) is 22.1. The smallest absolute Gasteiger partial charge is 0.240 e. The minimum atomic E-state index is -1.72. The van der Waals surface area contributed by atoms with E-state index in [0.29, 0.717) is 21.5 Å². The topological polar surface area (TPSA) is 74.6 Å². The molecule has 0 unspecified atom stereocenters. The maximum absolute atomic E-state index is 14.2. The summed E-state index contributed by atoms with van der Waals surface area (Å²) in [7, 11) is 0. The highest BCUT2D eigenvalue weighted by Gasteiger charge is 2.32. The molecule has 0 aliphatic rings. The summed E-state index contributed by atoms with van der Waals surface area (Å²) in [6, 6.07) is 14.2. The van der Waals surface area contributed by atoms with Crippen LogP contribution in [0, 0.1) is 17.5 Å². The Balaban J connectivity index is 1.94. The van der Waals surface area contributed by atoms with Gasteiger partial charge >= 0.3 is 0 Å². The number of hydrogen-bond donors (Lipinski definition) is 2. The van der Waals surface area contributed by atoms with Crippen LogP contribution in [0.5, 0.6) is 11.5 Å². The normalized spacial score (nSPS) is 11.5. The highest BCUT2D eigenvalue weighted by molar-refractivity contribution is 7.16. The van der Waals surface area contributed by atoms with Crippen molar-refractivity contribution in [2.24, 2.45) is 0 Å². The first-order chi connectivity index (χ1) is 16.3. The van der Waals surface area contributed by atoms with Crippen LogP contribution >= 0.6 is 22.7 Å². The van der Waals surface area contributed by atoms with E-state index in [2.05, 4.69) is 0 Å². The lowest BCUT2D eigenvalue weighted by Gasteiger charge is -2.21. The summed E-state index contributed by atoms with van der Waals surface area (Å²) in [5.74, 6) is -7.34. The van der Waals surface area contributed by atoms with Gasteiger partial charge in [-0.3, -0.25) is 9.59 Å². The molecule has 0 fully saturated rings. The second kappa shape index (κ2) is 8.27. The van der Waals surface area contributed by atoms with Crippen LogP contribution in [0.4, 0.5) is 13.2 Å². The Morgan fingerprint density at radius 3 is 1.53 bits per heavy atom. The van der Waals surface area contributed by atoms with Gasteiger partial charge < -0.3 is 10.2 Å². The molecule has 0 aliphatic heterocycles. The van der Waals surface area contributed by atoms with Crippen molar-refractivity contribution in [3.63, 3.8) is 0 Å². The van der Waals surface area contributed by atoms with Gasteiger partial charge in [0.15, 0.2) is 17.5 Å². The summed E-state index contributed by atoms with van der Waals surface area (Å²) in [6.07, 6.45) is 0. The van der Waals surface area contributed by atoms with E-state index in [-0.39, 0.29) is 27.5 Å². The van der Waals surface area contributed by atoms with Gasteiger partial charge in [0.25, 0.3) is 0 Å². The largest absolute Gasteiger partial charge is 0.507 e. The van der Waals surface area contributed by atoms with E-state index in [1.165, 1.54) is 0 Å². The van der Waals surface area contributed by atoms with Crippen LogP contribution < -0.4 is 9.48 Å². The lowest BCUT2D eigenvalue weighted by molar-refractivity contribution is 0.443. The third kappa shape index (κ3) is 3.44. The van der Waals surface area contributed by atoms with Gasteiger partial charge in [0.05, 0.1) is 17.0 Å². The Morgan fingerprint density at radius 2 is 1.09 bits per heavy atom. The molecule has 0 saturated carbocycles. The molecule has 0 aliphatic carbocycles. The van der Waals surface area contributed by atoms with Gasteiger partial charge in [-0.25, -0.2) is 13.2 Å². The lowest BCUT2D eigenvalue weighted by atomic mass is 9.85. The molecule has 0 spiro atoms. The van der Waals surface area contributed by atoms with Crippen LogP contribution in [0.3, 0.4) is 0 Å². The number of rotatable bonds is 3. The standard InChI is InChI=1S/C25H13F3O4S2/c26-14-9-11(10-15(27)21(14)28)18(19-22(29)12-5-1-3-7-16(12)33-24(19)31)20-23(30)13-6-2-4-8-17(13)34-25(20)32/h1-10,18,29-30H. The lowest BCUT2D eigenvalue weighted by Crippen LogP contribution is -2.20. The molecule has 9 heteroatoms. The fourth-order valence-corrected chi connectivity index (χ4v) is 5.92. The molecule has 4 nitrogen and oxygen atoms in total. The van der Waals surface area contributed by atoms with E-state index >= 15 is 0 Å². The minimum Gasteiger partial charge on any atom is -0.507 e. The van der Waals surface area contributed by atoms with Gasteiger partial charge in [-0.2, -0.15) is 0 Å². The molecule has 170 valence electrons. The van der Waals surface area contributed by atoms with Crippen LogP contribution in [0.15, 0.2) is 70.3 Å². The van der Waals surface area contributed by atoms with E-state index in [9.17, 15) is 33.0 Å². The molecule has 5 rings (SSSR count). The first-order valence-electron chi connectivity index (χ1n) is 9.91. The van der Waals surface area contributed by atoms with E-state index in [1.807, 2.05) is 0 Å². The van der Waals surface area contributed by atoms with Crippen LogP contribution in [0.1, 0.15) is 22.6 Å². The summed E-state index contributed by atoms with van der Waals surface area (Å²) in [5, 5.41) is 22.7. The van der Waals surface area contributed by atoms with E-state index in [4.69, 9.17) is 0 Å². The van der Waals surface area contributed by atoms with Crippen molar-refractivity contribution in [2.75, 3.05) is 0 Å². The molecule has 2 aromatic heterocycles. The highest BCUT2D eigenvalue weighted by atomic mass is 32.1. The van der Waals surface area contributed by atoms with Gasteiger partial charge in [-0.15, -0.1) is 0 Å². The van der Waals surface area contributed by atoms with Crippen LogP contribution in [0.25, 0.3) is 20.2 Å². The van der Waals surface area contributed by atoms with Gasteiger partial charge in [0.1, 0.15) is 11.5 Å². The minimum absolute atomic E-state index is 0.284. The van der Waals surface area contributed by atoms with Crippen molar-refractivity contribution < 1.29 is 23.4 Å². The predicted molar refractivity (Wildman–Crippen MR) is 127 cm³/mol. The van der Waals surface area contributed by atoms with Crippen molar-refractivity contribution in [2.45, 2.75) is 5.92 Å². The van der Waals surface area contributed by atoms with Crippen molar-refractivity contribution in [1.29, 1.82) is 0 Å². The van der Waals surface area contributed by atoms with Crippen LogP contribution in [-0.2, 0) is 0 Å². The fraction of sp³-hybridized carbons (Fsp3) is 0.0400. The third-order valence-corrected chi connectivity index (χ3v) is 7.52. The van der Waals surface area contributed by atoms with Gasteiger partial charge in [-0.1, -0.05) is 46.9 Å². The number of halogens is 3. The van der Waals surface area contributed by atoms with Crippen LogP contribution in [0.2, 0.25) is 0 Å². The molecule has 2 N–H and O–H groups in total. The van der Waals surface area contributed by atoms with Crippen LogP contribution in [-0.4, -0.2) is 10.2 Å². The molecule has 2 heterocycles. The Kier molecular flexibility index (Phi) is 5.38. The van der Waals surface area contributed by atoms with Gasteiger partial charge in [0.2, 0.25) is 9.48 Å². The molecule has 5 aromatic rings. The molecule has 0 amide bonds. The number of fused-ring (bicyclic) bond motifs is 2. The maximum Gasteiger partial charge on any atom is 0.240 e. The number of hydrogen-bond acceptors (Lipinski definition) is 6. The zero-order chi connectivity index (χ0) is 24.1.